The second-order valence-corrected chi connectivity index (χ2v) is 4.15. The predicted octanol–water partition coefficient (Wildman–Crippen LogP) is 1.09. The molecule has 2 aromatic rings. The van der Waals surface area contributed by atoms with Gasteiger partial charge in [0.25, 0.3) is 0 Å². The van der Waals surface area contributed by atoms with E-state index >= 15 is 0 Å². The third-order valence-electron chi connectivity index (χ3n) is 2.66. The van der Waals surface area contributed by atoms with Crippen LogP contribution < -0.4 is 0 Å². The molecule has 0 fully saturated rings. The van der Waals surface area contributed by atoms with Crippen molar-refractivity contribution in [3.8, 4) is 0 Å². The van der Waals surface area contributed by atoms with Crippen LogP contribution in [0.3, 0.4) is 0 Å². The van der Waals surface area contributed by atoms with Gasteiger partial charge in [0.1, 0.15) is 0 Å². The van der Waals surface area contributed by atoms with E-state index in [0.717, 1.165) is 16.6 Å². The standard InChI is InChI=1S/C12H15N3O2/c1-14(8-12(16)17)7-10-9-5-3-4-6-11(9)15(2)13-10/h3-6H,7-8H2,1-2H3,(H,16,17). The number of aliphatic carboxylic acids is 1. The summed E-state index contributed by atoms with van der Waals surface area (Å²) in [5.74, 6) is -0.826. The highest BCUT2D eigenvalue weighted by Crippen LogP contribution is 2.18. The fraction of sp³-hybridized carbons (Fsp3) is 0.333. The summed E-state index contributed by atoms with van der Waals surface area (Å²) in [5, 5.41) is 14.2. The predicted molar refractivity (Wildman–Crippen MR) is 64.7 cm³/mol. The van der Waals surface area contributed by atoms with Crippen LogP contribution in [-0.4, -0.2) is 39.3 Å². The van der Waals surface area contributed by atoms with Gasteiger partial charge in [-0.1, -0.05) is 18.2 Å². The van der Waals surface area contributed by atoms with Gasteiger partial charge in [-0.3, -0.25) is 14.4 Å². The summed E-state index contributed by atoms with van der Waals surface area (Å²) in [5.41, 5.74) is 1.97. The molecular formula is C12H15N3O2. The van der Waals surface area contributed by atoms with Crippen molar-refractivity contribution in [3.63, 3.8) is 0 Å². The molecule has 5 nitrogen and oxygen atoms in total. The molecule has 1 N–H and O–H groups in total. The summed E-state index contributed by atoms with van der Waals surface area (Å²) >= 11 is 0. The van der Waals surface area contributed by atoms with Crippen molar-refractivity contribution in [3.05, 3.63) is 30.0 Å². The topological polar surface area (TPSA) is 58.4 Å². The molecule has 0 saturated heterocycles. The molecule has 17 heavy (non-hydrogen) atoms. The van der Waals surface area contributed by atoms with Crippen molar-refractivity contribution >= 4 is 16.9 Å². The Labute approximate surface area is 99.3 Å². The van der Waals surface area contributed by atoms with E-state index in [0.29, 0.717) is 6.54 Å². The van der Waals surface area contributed by atoms with Crippen molar-refractivity contribution in [2.75, 3.05) is 13.6 Å². The summed E-state index contributed by atoms with van der Waals surface area (Å²) in [6.45, 7) is 0.554. The van der Waals surface area contributed by atoms with Gasteiger partial charge in [0.2, 0.25) is 0 Å². The number of carboxylic acid groups (broad SMARTS) is 1. The lowest BCUT2D eigenvalue weighted by Gasteiger charge is -2.11. The number of carbonyl (C=O) groups is 1. The second-order valence-electron chi connectivity index (χ2n) is 4.15. The van der Waals surface area contributed by atoms with Gasteiger partial charge < -0.3 is 5.11 Å². The van der Waals surface area contributed by atoms with E-state index in [1.807, 2.05) is 36.0 Å². The molecule has 0 bridgehead atoms. The Hall–Kier alpha value is -1.88. The van der Waals surface area contributed by atoms with Crippen LogP contribution in [0, 0.1) is 0 Å². The molecule has 0 aliphatic rings. The number of hydrogen-bond donors (Lipinski definition) is 1. The van der Waals surface area contributed by atoms with Crippen LogP contribution in [0.5, 0.6) is 0 Å². The number of fused-ring (bicyclic) bond motifs is 1. The quantitative estimate of drug-likeness (QED) is 0.858. The Bertz CT molecular complexity index is 548. The molecule has 0 amide bonds. The van der Waals surface area contributed by atoms with Crippen molar-refractivity contribution < 1.29 is 9.90 Å². The molecule has 90 valence electrons. The highest BCUT2D eigenvalue weighted by Gasteiger charge is 2.11. The average molecular weight is 233 g/mol. The van der Waals surface area contributed by atoms with Gasteiger partial charge in [-0.2, -0.15) is 5.10 Å². The van der Waals surface area contributed by atoms with Gasteiger partial charge in [0.15, 0.2) is 0 Å². The van der Waals surface area contributed by atoms with E-state index in [2.05, 4.69) is 5.10 Å². The first-order valence-corrected chi connectivity index (χ1v) is 5.39. The first-order chi connectivity index (χ1) is 8.08. The maximum absolute atomic E-state index is 10.6. The van der Waals surface area contributed by atoms with Crippen molar-refractivity contribution in [1.82, 2.24) is 14.7 Å². The van der Waals surface area contributed by atoms with Crippen LogP contribution in [0.4, 0.5) is 0 Å². The summed E-state index contributed by atoms with van der Waals surface area (Å²) in [4.78, 5) is 12.3. The van der Waals surface area contributed by atoms with Crippen molar-refractivity contribution in [2.45, 2.75) is 6.54 Å². The van der Waals surface area contributed by atoms with Crippen LogP contribution in [0.25, 0.3) is 10.9 Å². The molecule has 0 aliphatic heterocycles. The Balaban J connectivity index is 2.27. The van der Waals surface area contributed by atoms with E-state index in [-0.39, 0.29) is 6.54 Å². The monoisotopic (exact) mass is 233 g/mol. The molecule has 0 saturated carbocycles. The molecule has 1 aromatic heterocycles. The molecule has 0 unspecified atom stereocenters. The number of hydrogen-bond acceptors (Lipinski definition) is 3. The van der Waals surface area contributed by atoms with Crippen LogP contribution >= 0.6 is 0 Å². The zero-order valence-corrected chi connectivity index (χ0v) is 9.92. The second kappa shape index (κ2) is 4.55. The van der Waals surface area contributed by atoms with Gasteiger partial charge in [-0.15, -0.1) is 0 Å². The molecule has 2 rings (SSSR count). The maximum atomic E-state index is 10.6. The molecular weight excluding hydrogens is 218 g/mol. The third kappa shape index (κ3) is 2.45. The minimum Gasteiger partial charge on any atom is -0.480 e. The summed E-state index contributed by atoms with van der Waals surface area (Å²) in [6, 6.07) is 7.94. The lowest BCUT2D eigenvalue weighted by atomic mass is 10.2. The number of aromatic nitrogens is 2. The normalized spacial score (nSPS) is 11.2. The van der Waals surface area contributed by atoms with Gasteiger partial charge in [-0.05, 0) is 13.1 Å². The van der Waals surface area contributed by atoms with E-state index in [9.17, 15) is 4.79 Å². The zero-order valence-electron chi connectivity index (χ0n) is 9.92. The Kier molecular flexibility index (Phi) is 3.10. The van der Waals surface area contributed by atoms with Gasteiger partial charge in [-0.25, -0.2) is 0 Å². The van der Waals surface area contributed by atoms with E-state index < -0.39 is 5.97 Å². The number of aryl methyl sites for hydroxylation is 1. The van der Waals surface area contributed by atoms with E-state index in [4.69, 9.17) is 5.11 Å². The number of para-hydroxylation sites is 1. The summed E-state index contributed by atoms with van der Waals surface area (Å²) < 4.78 is 1.82. The van der Waals surface area contributed by atoms with Gasteiger partial charge in [0, 0.05) is 19.0 Å². The molecule has 1 heterocycles. The fourth-order valence-electron chi connectivity index (χ4n) is 1.95. The van der Waals surface area contributed by atoms with Crippen LogP contribution in [-0.2, 0) is 18.4 Å². The largest absolute Gasteiger partial charge is 0.480 e. The number of carboxylic acids is 1. The first-order valence-electron chi connectivity index (χ1n) is 5.39. The summed E-state index contributed by atoms with van der Waals surface area (Å²) in [7, 11) is 3.67. The number of nitrogens with zero attached hydrogens (tertiary/aromatic N) is 3. The number of benzene rings is 1. The Morgan fingerprint density at radius 1 is 1.47 bits per heavy atom. The fourth-order valence-corrected chi connectivity index (χ4v) is 1.95. The highest BCUT2D eigenvalue weighted by molar-refractivity contribution is 5.81. The molecule has 1 aromatic carbocycles. The molecule has 0 spiro atoms. The van der Waals surface area contributed by atoms with Crippen molar-refractivity contribution in [1.29, 1.82) is 0 Å². The molecule has 0 aliphatic carbocycles. The lowest BCUT2D eigenvalue weighted by molar-refractivity contribution is -0.138. The van der Waals surface area contributed by atoms with E-state index in [1.54, 1.807) is 11.9 Å². The third-order valence-corrected chi connectivity index (χ3v) is 2.66. The zero-order chi connectivity index (χ0) is 12.4. The Morgan fingerprint density at radius 3 is 2.88 bits per heavy atom. The Morgan fingerprint density at radius 2 is 2.18 bits per heavy atom. The SMILES string of the molecule is CN(CC(=O)O)Cc1nn(C)c2ccccc12. The van der Waals surface area contributed by atoms with Gasteiger partial charge >= 0.3 is 5.97 Å². The molecule has 0 atom stereocenters. The highest BCUT2D eigenvalue weighted by atomic mass is 16.4. The van der Waals surface area contributed by atoms with Gasteiger partial charge in [0.05, 0.1) is 17.8 Å². The smallest absolute Gasteiger partial charge is 0.317 e. The average Bonchev–Trinajstić information content (AvgIpc) is 2.55. The molecule has 0 radical (unpaired) electrons. The lowest BCUT2D eigenvalue weighted by Crippen LogP contribution is -2.25. The molecule has 5 heteroatoms. The van der Waals surface area contributed by atoms with Crippen molar-refractivity contribution in [2.24, 2.45) is 7.05 Å². The van der Waals surface area contributed by atoms with Crippen LogP contribution in [0.1, 0.15) is 5.69 Å². The van der Waals surface area contributed by atoms with Crippen LogP contribution in [0.2, 0.25) is 0 Å². The summed E-state index contributed by atoms with van der Waals surface area (Å²) in [6.07, 6.45) is 0. The number of likely N-dealkylation sites (N-methyl/N-ethyl adjacent to an activating group) is 1. The maximum Gasteiger partial charge on any atom is 0.317 e. The first kappa shape index (κ1) is 11.6. The van der Waals surface area contributed by atoms with E-state index in [1.165, 1.54) is 0 Å². The minimum atomic E-state index is -0.826. The minimum absolute atomic E-state index is 0.0188. The van der Waals surface area contributed by atoms with Crippen LogP contribution in [0.15, 0.2) is 24.3 Å². The number of rotatable bonds is 4.